The number of nitriles is 3. The van der Waals surface area contributed by atoms with Crippen molar-refractivity contribution >= 4 is 0 Å². The van der Waals surface area contributed by atoms with Crippen LogP contribution in [0.4, 0.5) is 0 Å². The highest BCUT2D eigenvalue weighted by Crippen LogP contribution is 2.57. The first-order valence-electron chi connectivity index (χ1n) is 10.2. The summed E-state index contributed by atoms with van der Waals surface area (Å²) in [5, 5.41) is 30.2. The molecule has 2 N–H and O–H groups in total. The van der Waals surface area contributed by atoms with Gasteiger partial charge in [0.25, 0.3) is 0 Å². The Morgan fingerprint density at radius 3 is 2.23 bits per heavy atom. The third kappa shape index (κ3) is 3.14. The maximum atomic E-state index is 10.2. The van der Waals surface area contributed by atoms with Crippen molar-refractivity contribution in [2.45, 2.75) is 24.7 Å². The molecule has 0 radical (unpaired) electrons. The summed E-state index contributed by atoms with van der Waals surface area (Å²) < 4.78 is 5.28. The van der Waals surface area contributed by atoms with Gasteiger partial charge in [-0.05, 0) is 53.5 Å². The van der Waals surface area contributed by atoms with Crippen LogP contribution in [0.1, 0.15) is 35.8 Å². The minimum absolute atomic E-state index is 0.0569. The molecule has 2 aromatic rings. The minimum atomic E-state index is -1.61. The number of hydrogen-bond donors (Lipinski definition) is 1. The van der Waals surface area contributed by atoms with Crippen molar-refractivity contribution in [2.75, 3.05) is 7.11 Å². The topological polar surface area (TPSA) is 107 Å². The average molecular weight is 406 g/mol. The molecule has 31 heavy (non-hydrogen) atoms. The lowest BCUT2D eigenvalue weighted by Gasteiger charge is -2.45. The Labute approximate surface area is 182 Å². The summed E-state index contributed by atoms with van der Waals surface area (Å²) in [6, 6.07) is 24.2. The van der Waals surface area contributed by atoms with Crippen LogP contribution in [0.2, 0.25) is 0 Å². The molecule has 0 fully saturated rings. The fourth-order valence-electron chi connectivity index (χ4n) is 5.08. The van der Waals surface area contributed by atoms with E-state index in [1.54, 1.807) is 7.11 Å². The number of ether oxygens (including phenoxy) is 1. The van der Waals surface area contributed by atoms with Gasteiger partial charge in [-0.1, -0.05) is 48.5 Å². The van der Waals surface area contributed by atoms with Gasteiger partial charge in [0.1, 0.15) is 11.8 Å². The fourth-order valence-corrected chi connectivity index (χ4v) is 5.08. The van der Waals surface area contributed by atoms with Gasteiger partial charge < -0.3 is 10.5 Å². The van der Waals surface area contributed by atoms with Crippen molar-refractivity contribution in [1.82, 2.24) is 0 Å². The predicted octanol–water partition coefficient (Wildman–Crippen LogP) is 4.68. The molecule has 5 nitrogen and oxygen atoms in total. The molecule has 2 aromatic carbocycles. The van der Waals surface area contributed by atoms with Gasteiger partial charge >= 0.3 is 0 Å². The first kappa shape index (κ1) is 20.3. The smallest absolute Gasteiger partial charge is 0.191 e. The SMILES string of the molecule is COc1ccc([C@@H]2[C@H]3CC(c4ccccc4)CC=C3C(C#N)=C(N)C2(C#N)C#N)cc1. The quantitative estimate of drug-likeness (QED) is 0.796. The van der Waals surface area contributed by atoms with E-state index in [0.717, 1.165) is 24.0 Å². The summed E-state index contributed by atoms with van der Waals surface area (Å²) in [5.74, 6) is 0.281. The van der Waals surface area contributed by atoms with Gasteiger partial charge in [-0.3, -0.25) is 0 Å². The molecule has 0 heterocycles. The highest BCUT2D eigenvalue weighted by Gasteiger charge is 2.54. The van der Waals surface area contributed by atoms with E-state index in [9.17, 15) is 15.8 Å². The highest BCUT2D eigenvalue weighted by molar-refractivity contribution is 5.59. The number of benzene rings is 2. The molecule has 5 heteroatoms. The van der Waals surface area contributed by atoms with Gasteiger partial charge in [-0.2, -0.15) is 15.8 Å². The molecule has 0 spiro atoms. The maximum Gasteiger partial charge on any atom is 0.191 e. The standard InChI is InChI=1S/C26H22N4O/c1-31-20-10-7-18(8-11-20)24-22-13-19(17-5-3-2-4-6-17)9-12-21(22)23(14-27)25(30)26(24,15-28)16-29/h2-8,10-12,19,22,24H,9,13,30H2,1H3/t19?,22-,24+/m0/s1. The number of nitrogens with zero attached hydrogens (tertiary/aromatic N) is 3. The number of nitrogens with two attached hydrogens (primary N) is 1. The van der Waals surface area contributed by atoms with Gasteiger partial charge in [0.05, 0.1) is 30.5 Å². The Bertz CT molecular complexity index is 1160. The normalized spacial score (nSPS) is 24.1. The molecule has 3 atom stereocenters. The Kier molecular flexibility index (Phi) is 5.24. The zero-order valence-corrected chi connectivity index (χ0v) is 17.2. The molecule has 0 saturated carbocycles. The average Bonchev–Trinajstić information content (AvgIpc) is 2.84. The maximum absolute atomic E-state index is 10.2. The Hall–Kier alpha value is -4.01. The number of rotatable bonds is 3. The van der Waals surface area contributed by atoms with Crippen LogP contribution in [-0.2, 0) is 0 Å². The van der Waals surface area contributed by atoms with Crippen molar-refractivity contribution < 1.29 is 4.74 Å². The van der Waals surface area contributed by atoms with E-state index >= 15 is 0 Å². The molecule has 2 aliphatic carbocycles. The van der Waals surface area contributed by atoms with Gasteiger partial charge in [-0.15, -0.1) is 0 Å². The Balaban J connectivity index is 1.91. The molecule has 2 aliphatic rings. The van der Waals surface area contributed by atoms with Crippen LogP contribution in [0.25, 0.3) is 0 Å². The van der Waals surface area contributed by atoms with Crippen molar-refractivity contribution in [2.24, 2.45) is 17.1 Å². The lowest BCUT2D eigenvalue weighted by atomic mass is 9.55. The summed E-state index contributed by atoms with van der Waals surface area (Å²) in [5.41, 5.74) is 8.01. The summed E-state index contributed by atoms with van der Waals surface area (Å²) in [4.78, 5) is 0. The molecule has 152 valence electrons. The molecule has 0 bridgehead atoms. The van der Waals surface area contributed by atoms with Crippen LogP contribution >= 0.6 is 0 Å². The van der Waals surface area contributed by atoms with Crippen molar-refractivity contribution in [3.8, 4) is 24.0 Å². The first-order valence-corrected chi connectivity index (χ1v) is 10.2. The van der Waals surface area contributed by atoms with E-state index in [4.69, 9.17) is 10.5 Å². The summed E-state index contributed by atoms with van der Waals surface area (Å²) in [7, 11) is 1.59. The van der Waals surface area contributed by atoms with Gasteiger partial charge in [0.2, 0.25) is 0 Å². The predicted molar refractivity (Wildman–Crippen MR) is 116 cm³/mol. The third-order valence-electron chi connectivity index (χ3n) is 6.62. The van der Waals surface area contributed by atoms with Crippen LogP contribution < -0.4 is 10.5 Å². The zero-order chi connectivity index (χ0) is 22.0. The van der Waals surface area contributed by atoms with E-state index < -0.39 is 11.3 Å². The van der Waals surface area contributed by atoms with Crippen LogP contribution in [0.5, 0.6) is 5.75 Å². The molecule has 0 saturated heterocycles. The Morgan fingerprint density at radius 2 is 1.65 bits per heavy atom. The van der Waals surface area contributed by atoms with Crippen molar-refractivity contribution in [3.05, 3.63) is 88.6 Å². The molecular weight excluding hydrogens is 384 g/mol. The summed E-state index contributed by atoms with van der Waals surface area (Å²) in [6.07, 6.45) is 3.60. The van der Waals surface area contributed by atoms with Crippen LogP contribution in [0.15, 0.2) is 77.5 Å². The van der Waals surface area contributed by atoms with Crippen molar-refractivity contribution in [3.63, 3.8) is 0 Å². The lowest BCUT2D eigenvalue weighted by molar-refractivity contribution is 0.302. The van der Waals surface area contributed by atoms with Gasteiger partial charge in [0.15, 0.2) is 5.41 Å². The first-order chi connectivity index (χ1) is 15.1. The second kappa shape index (κ2) is 8.02. The zero-order valence-electron chi connectivity index (χ0n) is 17.2. The second-order valence-electron chi connectivity index (χ2n) is 8.03. The largest absolute Gasteiger partial charge is 0.497 e. The fraction of sp³-hybridized carbons (Fsp3) is 0.269. The highest BCUT2D eigenvalue weighted by atomic mass is 16.5. The molecular formula is C26H22N4O. The van der Waals surface area contributed by atoms with E-state index in [0.29, 0.717) is 5.75 Å². The monoisotopic (exact) mass is 406 g/mol. The molecule has 0 amide bonds. The number of allylic oxidation sites excluding steroid dienone is 4. The van der Waals surface area contributed by atoms with Crippen molar-refractivity contribution in [1.29, 1.82) is 15.8 Å². The number of fused-ring (bicyclic) bond motifs is 1. The number of hydrogen-bond acceptors (Lipinski definition) is 5. The van der Waals surface area contributed by atoms with Gasteiger partial charge in [-0.25, -0.2) is 0 Å². The van der Waals surface area contributed by atoms with Crippen LogP contribution in [-0.4, -0.2) is 7.11 Å². The van der Waals surface area contributed by atoms with Crippen LogP contribution in [0, 0.1) is 45.3 Å². The molecule has 4 rings (SSSR count). The lowest BCUT2D eigenvalue weighted by Crippen LogP contribution is -2.43. The number of methoxy groups -OCH3 is 1. The van der Waals surface area contributed by atoms with E-state index in [-0.39, 0.29) is 23.1 Å². The molecule has 1 unspecified atom stereocenters. The molecule has 0 aromatic heterocycles. The summed E-state index contributed by atoms with van der Waals surface area (Å²) >= 11 is 0. The van der Waals surface area contributed by atoms with E-state index in [2.05, 4.69) is 36.4 Å². The van der Waals surface area contributed by atoms with E-state index in [1.165, 1.54) is 5.56 Å². The van der Waals surface area contributed by atoms with Gasteiger partial charge in [0, 0.05) is 5.92 Å². The Morgan fingerprint density at radius 1 is 0.968 bits per heavy atom. The second-order valence-corrected chi connectivity index (χ2v) is 8.03. The van der Waals surface area contributed by atoms with Crippen LogP contribution in [0.3, 0.4) is 0 Å². The molecule has 0 aliphatic heterocycles. The third-order valence-corrected chi connectivity index (χ3v) is 6.62. The van der Waals surface area contributed by atoms with E-state index in [1.807, 2.05) is 42.5 Å². The summed E-state index contributed by atoms with van der Waals surface area (Å²) in [6.45, 7) is 0. The minimum Gasteiger partial charge on any atom is -0.497 e.